The first kappa shape index (κ1) is 20.4. The summed E-state index contributed by atoms with van der Waals surface area (Å²) < 4.78 is 12.1. The Morgan fingerprint density at radius 1 is 1.30 bits per heavy atom. The topological polar surface area (TPSA) is 42.0 Å². The van der Waals surface area contributed by atoms with Crippen LogP contribution in [-0.2, 0) is 4.79 Å². The third-order valence-corrected chi connectivity index (χ3v) is 6.34. The smallest absolute Gasteiger partial charge is 0.277 e. The number of rotatable bonds is 5. The second-order valence-electron chi connectivity index (χ2n) is 6.81. The molecule has 1 aromatic rings. The molecule has 5 nitrogen and oxygen atoms in total. The molecule has 1 saturated carbocycles. The minimum absolute atomic E-state index is 0.00168. The van der Waals surface area contributed by atoms with E-state index >= 15 is 0 Å². The average molecular weight is 500 g/mol. The number of hydrogen-bond donors (Lipinski definition) is 0. The standard InChI is InChI=1S/C20H25IN2O3S/c1-4-26-17-12-13(10-15(21)18(17)25-3)11-16-19(24)23(20(27)22(16)2)14-8-6-5-7-9-14/h10-12,14H,4-9H2,1-3H3/b16-11-. The van der Waals surface area contributed by atoms with Crippen molar-refractivity contribution in [1.82, 2.24) is 9.80 Å². The van der Waals surface area contributed by atoms with Crippen molar-refractivity contribution in [3.63, 3.8) is 0 Å². The maximum absolute atomic E-state index is 13.1. The van der Waals surface area contributed by atoms with Crippen molar-refractivity contribution in [3.8, 4) is 11.5 Å². The van der Waals surface area contributed by atoms with Crippen LogP contribution in [0.4, 0.5) is 0 Å². The van der Waals surface area contributed by atoms with E-state index in [1.807, 2.05) is 42.0 Å². The van der Waals surface area contributed by atoms with E-state index in [2.05, 4.69) is 22.6 Å². The number of ether oxygens (including phenoxy) is 2. The monoisotopic (exact) mass is 500 g/mol. The Morgan fingerprint density at radius 3 is 2.63 bits per heavy atom. The highest BCUT2D eigenvalue weighted by atomic mass is 127. The van der Waals surface area contributed by atoms with E-state index in [0.717, 1.165) is 34.8 Å². The highest BCUT2D eigenvalue weighted by Crippen LogP contribution is 2.36. The lowest BCUT2D eigenvalue weighted by Gasteiger charge is -2.30. The molecule has 0 aromatic heterocycles. The van der Waals surface area contributed by atoms with Gasteiger partial charge in [-0.2, -0.15) is 0 Å². The SMILES string of the molecule is CCOc1cc(/C=C2/C(=O)N(C3CCCCC3)C(=S)N2C)cc(I)c1OC. The van der Waals surface area contributed by atoms with Gasteiger partial charge in [-0.05, 0) is 78.3 Å². The van der Waals surface area contributed by atoms with Crippen molar-refractivity contribution >= 4 is 51.9 Å². The van der Waals surface area contributed by atoms with Gasteiger partial charge in [-0.25, -0.2) is 0 Å². The quantitative estimate of drug-likeness (QED) is 0.340. The molecule has 146 valence electrons. The molecule has 0 bridgehead atoms. The summed E-state index contributed by atoms with van der Waals surface area (Å²) in [6.45, 7) is 2.48. The first-order valence-electron chi connectivity index (χ1n) is 9.31. The molecule has 0 unspecified atom stereocenters. The summed E-state index contributed by atoms with van der Waals surface area (Å²) in [6.07, 6.45) is 7.52. The van der Waals surface area contributed by atoms with E-state index in [9.17, 15) is 4.79 Å². The predicted octanol–water partition coefficient (Wildman–Crippen LogP) is 4.43. The molecule has 0 atom stereocenters. The summed E-state index contributed by atoms with van der Waals surface area (Å²) in [6, 6.07) is 4.12. The van der Waals surface area contributed by atoms with Crippen molar-refractivity contribution in [2.24, 2.45) is 0 Å². The number of thiocarbonyl (C=S) groups is 1. The average Bonchev–Trinajstić information content (AvgIpc) is 2.86. The van der Waals surface area contributed by atoms with Crippen LogP contribution in [0.1, 0.15) is 44.6 Å². The minimum atomic E-state index is -0.00168. The van der Waals surface area contributed by atoms with Crippen LogP contribution in [0.15, 0.2) is 17.8 Å². The molecule has 0 N–H and O–H groups in total. The number of likely N-dealkylation sites (N-methyl/N-ethyl adjacent to an activating group) is 1. The zero-order chi connectivity index (χ0) is 19.6. The number of hydrogen-bond acceptors (Lipinski definition) is 4. The molecule has 1 heterocycles. The maximum Gasteiger partial charge on any atom is 0.277 e. The van der Waals surface area contributed by atoms with E-state index in [0.29, 0.717) is 28.9 Å². The van der Waals surface area contributed by atoms with Crippen molar-refractivity contribution in [2.45, 2.75) is 45.1 Å². The summed E-state index contributed by atoms with van der Waals surface area (Å²) in [5.41, 5.74) is 1.50. The van der Waals surface area contributed by atoms with E-state index in [1.54, 1.807) is 7.11 Å². The van der Waals surface area contributed by atoms with Crippen molar-refractivity contribution in [1.29, 1.82) is 0 Å². The molecule has 1 aliphatic carbocycles. The van der Waals surface area contributed by atoms with Crippen molar-refractivity contribution in [3.05, 3.63) is 27.0 Å². The van der Waals surface area contributed by atoms with Gasteiger partial charge in [0, 0.05) is 13.1 Å². The van der Waals surface area contributed by atoms with E-state index < -0.39 is 0 Å². The molecule has 7 heteroatoms. The van der Waals surface area contributed by atoms with Gasteiger partial charge < -0.3 is 14.4 Å². The molecule has 1 aliphatic heterocycles. The first-order valence-corrected chi connectivity index (χ1v) is 10.8. The normalized spacial score (nSPS) is 19.9. The van der Waals surface area contributed by atoms with Crippen LogP contribution in [0, 0.1) is 3.57 Å². The number of nitrogens with zero attached hydrogens (tertiary/aromatic N) is 2. The minimum Gasteiger partial charge on any atom is -0.492 e. The number of amides is 1. The molecular weight excluding hydrogens is 475 g/mol. The highest BCUT2D eigenvalue weighted by Gasteiger charge is 2.40. The lowest BCUT2D eigenvalue weighted by Crippen LogP contribution is -2.41. The van der Waals surface area contributed by atoms with Crippen LogP contribution in [0.2, 0.25) is 0 Å². The Kier molecular flexibility index (Phi) is 6.62. The summed E-state index contributed by atoms with van der Waals surface area (Å²) >= 11 is 7.81. The predicted molar refractivity (Wildman–Crippen MR) is 119 cm³/mol. The fourth-order valence-electron chi connectivity index (χ4n) is 3.73. The van der Waals surface area contributed by atoms with Gasteiger partial charge in [0.25, 0.3) is 5.91 Å². The number of methoxy groups -OCH3 is 1. The molecule has 2 fully saturated rings. The molecule has 0 spiro atoms. The molecule has 1 amide bonds. The summed E-state index contributed by atoms with van der Waals surface area (Å²) in [4.78, 5) is 16.8. The van der Waals surface area contributed by atoms with Gasteiger partial charge in [0.1, 0.15) is 5.70 Å². The van der Waals surface area contributed by atoms with E-state index in [1.165, 1.54) is 6.42 Å². The highest BCUT2D eigenvalue weighted by molar-refractivity contribution is 14.1. The summed E-state index contributed by atoms with van der Waals surface area (Å²) in [5.74, 6) is 1.39. The third kappa shape index (κ3) is 4.08. The summed E-state index contributed by atoms with van der Waals surface area (Å²) in [7, 11) is 3.50. The van der Waals surface area contributed by atoms with Gasteiger partial charge >= 0.3 is 0 Å². The van der Waals surface area contributed by atoms with E-state index in [-0.39, 0.29) is 11.9 Å². The number of carbonyl (C=O) groups excluding carboxylic acids is 1. The van der Waals surface area contributed by atoms with Crippen LogP contribution in [-0.4, -0.2) is 47.6 Å². The molecule has 2 aliphatic rings. The number of benzene rings is 1. The molecule has 1 saturated heterocycles. The second kappa shape index (κ2) is 8.77. The fraction of sp³-hybridized carbons (Fsp3) is 0.500. The largest absolute Gasteiger partial charge is 0.492 e. The Balaban J connectivity index is 1.94. The van der Waals surface area contributed by atoms with Gasteiger partial charge in [-0.15, -0.1) is 0 Å². The zero-order valence-electron chi connectivity index (χ0n) is 16.0. The van der Waals surface area contributed by atoms with Gasteiger partial charge in [0.05, 0.1) is 17.3 Å². The molecule has 1 aromatic carbocycles. The van der Waals surface area contributed by atoms with E-state index in [4.69, 9.17) is 21.7 Å². The van der Waals surface area contributed by atoms with Crippen molar-refractivity contribution in [2.75, 3.05) is 20.8 Å². The van der Waals surface area contributed by atoms with Crippen LogP contribution in [0.25, 0.3) is 6.08 Å². The second-order valence-corrected chi connectivity index (χ2v) is 8.33. The maximum atomic E-state index is 13.1. The first-order chi connectivity index (χ1) is 13.0. The van der Waals surface area contributed by atoms with Gasteiger partial charge in [-0.1, -0.05) is 19.3 Å². The van der Waals surface area contributed by atoms with Crippen molar-refractivity contribution < 1.29 is 14.3 Å². The molecule has 3 rings (SSSR count). The third-order valence-electron chi connectivity index (χ3n) is 5.07. The molecular formula is C20H25IN2O3S. The van der Waals surface area contributed by atoms with Crippen LogP contribution >= 0.6 is 34.8 Å². The number of halogens is 1. The van der Waals surface area contributed by atoms with Gasteiger partial charge in [0.15, 0.2) is 16.6 Å². The molecule has 0 radical (unpaired) electrons. The van der Waals surface area contributed by atoms with Gasteiger partial charge in [-0.3, -0.25) is 9.69 Å². The Hall–Kier alpha value is -1.35. The lowest BCUT2D eigenvalue weighted by atomic mass is 9.94. The molecule has 27 heavy (non-hydrogen) atoms. The number of carbonyl (C=O) groups is 1. The van der Waals surface area contributed by atoms with Crippen LogP contribution in [0.5, 0.6) is 11.5 Å². The fourth-order valence-corrected chi connectivity index (χ4v) is 4.90. The Morgan fingerprint density at radius 2 is 2.00 bits per heavy atom. The van der Waals surface area contributed by atoms with Gasteiger partial charge in [0.2, 0.25) is 0 Å². The summed E-state index contributed by atoms with van der Waals surface area (Å²) in [5, 5.41) is 0.603. The zero-order valence-corrected chi connectivity index (χ0v) is 18.9. The Bertz CT molecular complexity index is 775. The van der Waals surface area contributed by atoms with Crippen LogP contribution < -0.4 is 9.47 Å². The Labute approximate surface area is 179 Å². The van der Waals surface area contributed by atoms with Crippen LogP contribution in [0.3, 0.4) is 0 Å². The lowest BCUT2D eigenvalue weighted by molar-refractivity contribution is -0.124.